The average molecular weight is 384 g/mol. The van der Waals surface area contributed by atoms with Gasteiger partial charge in [0.25, 0.3) is 0 Å². The Morgan fingerprint density at radius 2 is 1.43 bits per heavy atom. The first kappa shape index (κ1) is 21.6. The number of hydrogen-bond donors (Lipinski definition) is 1. The molecule has 0 saturated heterocycles. The van der Waals surface area contributed by atoms with E-state index >= 15 is 0 Å². The van der Waals surface area contributed by atoms with Crippen molar-refractivity contribution in [2.45, 2.75) is 13.2 Å². The minimum atomic E-state index is 0.0609. The number of nitrogens with zero attached hydrogens (tertiary/aromatic N) is 2. The van der Waals surface area contributed by atoms with Crippen molar-refractivity contribution < 1.29 is 19.3 Å². The van der Waals surface area contributed by atoms with Crippen molar-refractivity contribution >= 4 is 0 Å². The number of rotatable bonds is 8. The van der Waals surface area contributed by atoms with Gasteiger partial charge in [0.15, 0.2) is 0 Å². The smallest absolute Gasteiger partial charge is 0.118 e. The molecule has 2 aromatic carbocycles. The Labute approximate surface area is 166 Å². The van der Waals surface area contributed by atoms with Crippen molar-refractivity contribution in [2.75, 3.05) is 34.5 Å². The Hall–Kier alpha value is -2.67. The maximum absolute atomic E-state index is 9.12. The van der Waals surface area contributed by atoms with Gasteiger partial charge in [-0.1, -0.05) is 36.4 Å². The summed E-state index contributed by atoms with van der Waals surface area (Å²) in [6.07, 6.45) is 1.80. The molecule has 3 aromatic rings. The molecule has 150 valence electrons. The summed E-state index contributed by atoms with van der Waals surface area (Å²) in [4.78, 5) is 0. The summed E-state index contributed by atoms with van der Waals surface area (Å²) < 4.78 is 16.5. The van der Waals surface area contributed by atoms with Crippen LogP contribution in [0.25, 0.3) is 11.3 Å². The van der Waals surface area contributed by atoms with Crippen LogP contribution in [0.5, 0.6) is 5.75 Å². The van der Waals surface area contributed by atoms with Crippen molar-refractivity contribution in [3.05, 3.63) is 71.9 Å². The van der Waals surface area contributed by atoms with Crippen LogP contribution in [0.4, 0.5) is 0 Å². The second kappa shape index (κ2) is 11.9. The van der Waals surface area contributed by atoms with E-state index in [4.69, 9.17) is 9.84 Å². The van der Waals surface area contributed by atoms with Gasteiger partial charge in [-0.05, 0) is 34.9 Å². The molecule has 0 aliphatic rings. The number of aromatic nitrogens is 2. The molecule has 1 aromatic heterocycles. The van der Waals surface area contributed by atoms with Crippen molar-refractivity contribution in [2.24, 2.45) is 0 Å². The highest BCUT2D eigenvalue weighted by Crippen LogP contribution is 2.21. The van der Waals surface area contributed by atoms with E-state index < -0.39 is 0 Å². The van der Waals surface area contributed by atoms with Gasteiger partial charge in [-0.2, -0.15) is 5.10 Å². The van der Waals surface area contributed by atoms with Gasteiger partial charge in [0.05, 0.1) is 39.2 Å². The number of benzene rings is 2. The van der Waals surface area contributed by atoms with Gasteiger partial charge in [0.2, 0.25) is 0 Å². The molecule has 0 aliphatic heterocycles. The van der Waals surface area contributed by atoms with E-state index in [9.17, 15) is 0 Å². The number of ether oxygens (including phenoxy) is 3. The van der Waals surface area contributed by atoms with E-state index in [2.05, 4.69) is 14.6 Å². The number of aliphatic hydroxyl groups is 1. The van der Waals surface area contributed by atoms with Crippen LogP contribution in [-0.4, -0.2) is 49.4 Å². The molecule has 0 bridgehead atoms. The largest absolute Gasteiger partial charge is 0.497 e. The highest BCUT2D eigenvalue weighted by molar-refractivity contribution is 5.59. The Bertz CT molecular complexity index is 794. The third-order valence-electron chi connectivity index (χ3n) is 4.13. The lowest BCUT2D eigenvalue weighted by atomic mass is 10.1. The van der Waals surface area contributed by atoms with E-state index in [-0.39, 0.29) is 6.61 Å². The van der Waals surface area contributed by atoms with Crippen LogP contribution in [0.2, 0.25) is 0 Å². The fraction of sp³-hybridized carbons (Fsp3) is 0.318. The van der Waals surface area contributed by atoms with Gasteiger partial charge in [-0.15, -0.1) is 0 Å². The van der Waals surface area contributed by atoms with Gasteiger partial charge in [-0.25, -0.2) is 0 Å². The van der Waals surface area contributed by atoms with E-state index in [0.717, 1.165) is 28.1 Å². The molecule has 0 atom stereocenters. The molecule has 0 unspecified atom stereocenters. The molecule has 0 spiro atoms. The van der Waals surface area contributed by atoms with Gasteiger partial charge in [0, 0.05) is 20.4 Å². The topological polar surface area (TPSA) is 65.7 Å². The molecule has 0 amide bonds. The number of aliphatic hydroxyl groups excluding tert-OH is 1. The molecule has 3 rings (SSSR count). The molecule has 0 saturated carbocycles. The molecule has 6 heteroatoms. The standard InChI is InChI=1S/C18H18N2O2.C4H10O2/c1-22-17-8-4-14(5-9-17)12-20-18(10-11-19-20)16-6-2-15(13-21)3-7-16;1-5-3-4-6-2/h2-11,21H,12-13H2,1H3;3-4H2,1-2H3. The zero-order valence-corrected chi connectivity index (χ0v) is 16.7. The molecule has 0 fully saturated rings. The first-order valence-corrected chi connectivity index (χ1v) is 9.04. The third-order valence-corrected chi connectivity index (χ3v) is 4.13. The monoisotopic (exact) mass is 384 g/mol. The molecule has 1 N–H and O–H groups in total. The summed E-state index contributed by atoms with van der Waals surface area (Å²) in [7, 11) is 4.97. The van der Waals surface area contributed by atoms with E-state index in [1.165, 1.54) is 0 Å². The van der Waals surface area contributed by atoms with Crippen LogP contribution < -0.4 is 4.74 Å². The summed E-state index contributed by atoms with van der Waals surface area (Å²) in [5, 5.41) is 13.5. The van der Waals surface area contributed by atoms with Crippen LogP contribution in [0.1, 0.15) is 11.1 Å². The molecular weight excluding hydrogens is 356 g/mol. The van der Waals surface area contributed by atoms with Crippen molar-refractivity contribution in [3.8, 4) is 17.0 Å². The fourth-order valence-corrected chi connectivity index (χ4v) is 2.56. The predicted octanol–water partition coefficient (Wildman–Crippen LogP) is 3.38. The predicted molar refractivity (Wildman–Crippen MR) is 109 cm³/mol. The summed E-state index contributed by atoms with van der Waals surface area (Å²) in [5.74, 6) is 0.851. The lowest BCUT2D eigenvalue weighted by molar-refractivity contribution is 0.103. The SMILES string of the molecule is COCCOC.COc1ccc(Cn2nccc2-c2ccc(CO)cc2)cc1. The maximum Gasteiger partial charge on any atom is 0.118 e. The molecular formula is C22H28N2O4. The minimum absolute atomic E-state index is 0.0609. The highest BCUT2D eigenvalue weighted by Gasteiger charge is 2.06. The zero-order valence-electron chi connectivity index (χ0n) is 16.7. The molecule has 28 heavy (non-hydrogen) atoms. The Balaban J connectivity index is 0.000000409. The number of hydrogen-bond acceptors (Lipinski definition) is 5. The molecule has 0 radical (unpaired) electrons. The Morgan fingerprint density at radius 1 is 0.821 bits per heavy atom. The van der Waals surface area contributed by atoms with Crippen LogP contribution in [0.15, 0.2) is 60.8 Å². The molecule has 6 nitrogen and oxygen atoms in total. The van der Waals surface area contributed by atoms with Crippen LogP contribution in [0.3, 0.4) is 0 Å². The lowest BCUT2D eigenvalue weighted by Gasteiger charge is -2.09. The Morgan fingerprint density at radius 3 is 1.96 bits per heavy atom. The van der Waals surface area contributed by atoms with Gasteiger partial charge < -0.3 is 19.3 Å². The van der Waals surface area contributed by atoms with E-state index in [1.54, 1.807) is 27.5 Å². The lowest BCUT2D eigenvalue weighted by Crippen LogP contribution is -2.03. The zero-order chi connectivity index (χ0) is 20.2. The molecule has 1 heterocycles. The van der Waals surface area contributed by atoms with E-state index in [1.807, 2.05) is 59.3 Å². The van der Waals surface area contributed by atoms with Crippen LogP contribution >= 0.6 is 0 Å². The van der Waals surface area contributed by atoms with Gasteiger partial charge in [-0.3, -0.25) is 4.68 Å². The second-order valence-electron chi connectivity index (χ2n) is 6.06. The first-order chi connectivity index (χ1) is 13.7. The Kier molecular flexibility index (Phi) is 9.21. The minimum Gasteiger partial charge on any atom is -0.497 e. The van der Waals surface area contributed by atoms with Crippen molar-refractivity contribution in [3.63, 3.8) is 0 Å². The summed E-state index contributed by atoms with van der Waals surface area (Å²) in [5.41, 5.74) is 4.21. The normalized spacial score (nSPS) is 10.3. The van der Waals surface area contributed by atoms with Crippen molar-refractivity contribution in [1.82, 2.24) is 9.78 Å². The van der Waals surface area contributed by atoms with Crippen molar-refractivity contribution in [1.29, 1.82) is 0 Å². The third kappa shape index (κ3) is 6.49. The second-order valence-corrected chi connectivity index (χ2v) is 6.06. The molecule has 0 aliphatic carbocycles. The average Bonchev–Trinajstić information content (AvgIpc) is 3.21. The van der Waals surface area contributed by atoms with Gasteiger partial charge >= 0.3 is 0 Å². The summed E-state index contributed by atoms with van der Waals surface area (Å²) >= 11 is 0. The summed E-state index contributed by atoms with van der Waals surface area (Å²) in [6, 6.07) is 17.9. The summed E-state index contributed by atoms with van der Waals surface area (Å²) in [6.45, 7) is 2.15. The highest BCUT2D eigenvalue weighted by atomic mass is 16.5. The van der Waals surface area contributed by atoms with Crippen LogP contribution in [0, 0.1) is 0 Å². The van der Waals surface area contributed by atoms with E-state index in [0.29, 0.717) is 19.8 Å². The fourth-order valence-electron chi connectivity index (χ4n) is 2.56. The maximum atomic E-state index is 9.12. The first-order valence-electron chi connectivity index (χ1n) is 9.04. The van der Waals surface area contributed by atoms with Gasteiger partial charge in [0.1, 0.15) is 5.75 Å². The quantitative estimate of drug-likeness (QED) is 0.603. The number of methoxy groups -OCH3 is 3. The van der Waals surface area contributed by atoms with Crippen LogP contribution in [-0.2, 0) is 22.6 Å².